The van der Waals surface area contributed by atoms with E-state index >= 15 is 0 Å². The van der Waals surface area contributed by atoms with Crippen LogP contribution in [0.1, 0.15) is 58.3 Å². The number of aromatic nitrogens is 2. The van der Waals surface area contributed by atoms with Crippen molar-refractivity contribution >= 4 is 0 Å². The van der Waals surface area contributed by atoms with E-state index in [2.05, 4.69) is 41.8 Å². The predicted molar refractivity (Wildman–Crippen MR) is 77.1 cm³/mol. The van der Waals surface area contributed by atoms with E-state index in [-0.39, 0.29) is 5.54 Å². The van der Waals surface area contributed by atoms with Gasteiger partial charge in [0.25, 0.3) is 0 Å². The van der Waals surface area contributed by atoms with Crippen molar-refractivity contribution in [1.82, 2.24) is 14.9 Å². The molecule has 1 heterocycles. The number of ether oxygens (including phenoxy) is 1. The lowest BCUT2D eigenvalue weighted by molar-refractivity contribution is 0.0524. The highest BCUT2D eigenvalue weighted by atomic mass is 16.5. The summed E-state index contributed by atoms with van der Waals surface area (Å²) >= 11 is 0. The van der Waals surface area contributed by atoms with Crippen LogP contribution in [-0.4, -0.2) is 28.3 Å². The van der Waals surface area contributed by atoms with Gasteiger partial charge < -0.3 is 14.6 Å². The second-order valence-corrected chi connectivity index (χ2v) is 6.53. The zero-order valence-electron chi connectivity index (χ0n) is 12.6. The molecule has 1 aliphatic carbocycles. The molecule has 0 aromatic carbocycles. The minimum atomic E-state index is 0.123. The van der Waals surface area contributed by atoms with Gasteiger partial charge in [0, 0.05) is 31.1 Å². The zero-order valence-corrected chi connectivity index (χ0v) is 12.6. The summed E-state index contributed by atoms with van der Waals surface area (Å²) in [6.07, 6.45) is 9.21. The molecular formula is C15H27N3O. The Balaban J connectivity index is 2.02. The van der Waals surface area contributed by atoms with Crippen LogP contribution >= 0.6 is 0 Å². The SMILES string of the molecule is COC1CCCC(n2ccnc2CNC(C)(C)C)C1. The van der Waals surface area contributed by atoms with Gasteiger partial charge in [-0.05, 0) is 46.5 Å². The minimum absolute atomic E-state index is 0.123. The summed E-state index contributed by atoms with van der Waals surface area (Å²) in [6.45, 7) is 7.37. The maximum Gasteiger partial charge on any atom is 0.122 e. The standard InChI is InChI=1S/C15H27N3O/c1-15(2,3)17-11-14-16-8-9-18(14)12-6-5-7-13(10-12)19-4/h8-9,12-13,17H,5-7,10-11H2,1-4H3. The summed E-state index contributed by atoms with van der Waals surface area (Å²) in [5.74, 6) is 1.14. The van der Waals surface area contributed by atoms with Crippen LogP contribution in [-0.2, 0) is 11.3 Å². The molecule has 2 unspecified atom stereocenters. The lowest BCUT2D eigenvalue weighted by Gasteiger charge is -2.30. The van der Waals surface area contributed by atoms with Crippen LogP contribution in [0.3, 0.4) is 0 Å². The highest BCUT2D eigenvalue weighted by molar-refractivity contribution is 4.97. The molecular weight excluding hydrogens is 238 g/mol. The fourth-order valence-corrected chi connectivity index (χ4v) is 2.74. The fraction of sp³-hybridized carbons (Fsp3) is 0.800. The minimum Gasteiger partial charge on any atom is -0.381 e. The summed E-state index contributed by atoms with van der Waals surface area (Å²) in [4.78, 5) is 4.50. The van der Waals surface area contributed by atoms with Crippen LogP contribution in [0.15, 0.2) is 12.4 Å². The summed E-state index contributed by atoms with van der Waals surface area (Å²) in [5.41, 5.74) is 0.123. The van der Waals surface area contributed by atoms with E-state index in [0.29, 0.717) is 12.1 Å². The molecule has 0 radical (unpaired) electrons. The normalized spacial score (nSPS) is 24.6. The van der Waals surface area contributed by atoms with Crippen molar-refractivity contribution in [3.63, 3.8) is 0 Å². The fourth-order valence-electron chi connectivity index (χ4n) is 2.74. The van der Waals surface area contributed by atoms with Gasteiger partial charge in [-0.2, -0.15) is 0 Å². The number of methoxy groups -OCH3 is 1. The highest BCUT2D eigenvalue weighted by Crippen LogP contribution is 2.30. The number of hydrogen-bond donors (Lipinski definition) is 1. The average Bonchev–Trinajstić information content (AvgIpc) is 2.84. The molecule has 0 saturated heterocycles. The van der Waals surface area contributed by atoms with Crippen molar-refractivity contribution in [2.45, 2.75) is 70.7 Å². The van der Waals surface area contributed by atoms with Crippen molar-refractivity contribution in [2.24, 2.45) is 0 Å². The average molecular weight is 265 g/mol. The van der Waals surface area contributed by atoms with E-state index in [0.717, 1.165) is 18.8 Å². The topological polar surface area (TPSA) is 39.1 Å². The molecule has 0 amide bonds. The Morgan fingerprint density at radius 3 is 2.89 bits per heavy atom. The first-order chi connectivity index (χ1) is 8.99. The monoisotopic (exact) mass is 265 g/mol. The smallest absolute Gasteiger partial charge is 0.122 e. The summed E-state index contributed by atoms with van der Waals surface area (Å²) < 4.78 is 7.86. The first-order valence-corrected chi connectivity index (χ1v) is 7.29. The molecule has 1 saturated carbocycles. The van der Waals surface area contributed by atoms with E-state index in [9.17, 15) is 0 Å². The molecule has 19 heavy (non-hydrogen) atoms. The van der Waals surface area contributed by atoms with E-state index in [1.165, 1.54) is 19.3 Å². The molecule has 1 fully saturated rings. The van der Waals surface area contributed by atoms with Gasteiger partial charge in [0.15, 0.2) is 0 Å². The predicted octanol–water partition coefficient (Wildman–Crippen LogP) is 2.90. The molecule has 2 rings (SSSR count). The Kier molecular flexibility index (Phi) is 4.63. The third-order valence-corrected chi connectivity index (χ3v) is 3.85. The summed E-state index contributed by atoms with van der Waals surface area (Å²) in [7, 11) is 1.82. The third kappa shape index (κ3) is 4.05. The molecule has 108 valence electrons. The van der Waals surface area contributed by atoms with Crippen LogP contribution < -0.4 is 5.32 Å². The van der Waals surface area contributed by atoms with Crippen LogP contribution in [0.25, 0.3) is 0 Å². The maximum absolute atomic E-state index is 5.52. The Morgan fingerprint density at radius 2 is 2.21 bits per heavy atom. The summed E-state index contributed by atoms with van der Waals surface area (Å²) in [5, 5.41) is 3.51. The van der Waals surface area contributed by atoms with Crippen molar-refractivity contribution in [3.05, 3.63) is 18.2 Å². The van der Waals surface area contributed by atoms with Gasteiger partial charge in [-0.15, -0.1) is 0 Å². The van der Waals surface area contributed by atoms with Gasteiger partial charge >= 0.3 is 0 Å². The maximum atomic E-state index is 5.52. The van der Waals surface area contributed by atoms with Crippen LogP contribution in [0.5, 0.6) is 0 Å². The van der Waals surface area contributed by atoms with Crippen molar-refractivity contribution in [1.29, 1.82) is 0 Å². The molecule has 1 aromatic heterocycles. The highest BCUT2D eigenvalue weighted by Gasteiger charge is 2.24. The second kappa shape index (κ2) is 6.06. The van der Waals surface area contributed by atoms with Crippen molar-refractivity contribution < 1.29 is 4.74 Å². The van der Waals surface area contributed by atoms with Crippen molar-refractivity contribution in [3.8, 4) is 0 Å². The Morgan fingerprint density at radius 1 is 1.42 bits per heavy atom. The molecule has 0 aliphatic heterocycles. The van der Waals surface area contributed by atoms with Crippen molar-refractivity contribution in [2.75, 3.05) is 7.11 Å². The van der Waals surface area contributed by atoms with Crippen LogP contribution in [0.2, 0.25) is 0 Å². The molecule has 1 aromatic rings. The molecule has 0 bridgehead atoms. The number of nitrogens with one attached hydrogen (secondary N) is 1. The lowest BCUT2D eigenvalue weighted by Crippen LogP contribution is -2.36. The molecule has 1 N–H and O–H groups in total. The quantitative estimate of drug-likeness (QED) is 0.910. The third-order valence-electron chi connectivity index (χ3n) is 3.85. The van der Waals surface area contributed by atoms with Gasteiger partial charge in [-0.3, -0.25) is 0 Å². The Hall–Kier alpha value is -0.870. The molecule has 4 nitrogen and oxygen atoms in total. The molecule has 0 spiro atoms. The van der Waals surface area contributed by atoms with Gasteiger partial charge in [0.05, 0.1) is 12.6 Å². The van der Waals surface area contributed by atoms with E-state index in [1.807, 2.05) is 13.3 Å². The van der Waals surface area contributed by atoms with E-state index in [4.69, 9.17) is 4.74 Å². The van der Waals surface area contributed by atoms with Gasteiger partial charge in [0.2, 0.25) is 0 Å². The van der Waals surface area contributed by atoms with Gasteiger partial charge in [-0.25, -0.2) is 4.98 Å². The first kappa shape index (κ1) is 14.5. The van der Waals surface area contributed by atoms with Crippen LogP contribution in [0, 0.1) is 0 Å². The number of hydrogen-bond acceptors (Lipinski definition) is 3. The van der Waals surface area contributed by atoms with E-state index < -0.39 is 0 Å². The van der Waals surface area contributed by atoms with Gasteiger partial charge in [0.1, 0.15) is 5.82 Å². The number of nitrogens with zero attached hydrogens (tertiary/aromatic N) is 2. The van der Waals surface area contributed by atoms with E-state index in [1.54, 1.807) is 0 Å². The largest absolute Gasteiger partial charge is 0.381 e. The Bertz CT molecular complexity index is 394. The number of rotatable bonds is 4. The molecule has 2 atom stereocenters. The lowest BCUT2D eigenvalue weighted by atomic mass is 9.92. The van der Waals surface area contributed by atoms with Gasteiger partial charge in [-0.1, -0.05) is 0 Å². The number of imidazole rings is 1. The molecule has 1 aliphatic rings. The summed E-state index contributed by atoms with van der Waals surface area (Å²) in [6, 6.07) is 0.540. The zero-order chi connectivity index (χ0) is 13.9. The molecule has 4 heteroatoms. The Labute approximate surface area is 116 Å². The van der Waals surface area contributed by atoms with Crippen LogP contribution in [0.4, 0.5) is 0 Å². The second-order valence-electron chi connectivity index (χ2n) is 6.53. The first-order valence-electron chi connectivity index (χ1n) is 7.29.